The predicted octanol–water partition coefficient (Wildman–Crippen LogP) is 2.66. The molecule has 3 nitrogen and oxygen atoms in total. The van der Waals surface area contributed by atoms with Crippen molar-refractivity contribution in [2.45, 2.75) is 32.7 Å². The second-order valence-corrected chi connectivity index (χ2v) is 4.70. The number of amides is 1. The average molecular weight is 271 g/mol. The fourth-order valence-electron chi connectivity index (χ4n) is 1.83. The van der Waals surface area contributed by atoms with Crippen molar-refractivity contribution < 1.29 is 4.79 Å². The number of nitrogens with two attached hydrogens (primary N) is 1. The first kappa shape index (κ1) is 16.9. The molecule has 0 aromatic heterocycles. The lowest BCUT2D eigenvalue weighted by Gasteiger charge is -2.21. The Labute approximate surface area is 116 Å². The van der Waals surface area contributed by atoms with Gasteiger partial charge in [0, 0.05) is 13.0 Å². The minimum absolute atomic E-state index is 0. The Hall–Kier alpha value is -1.06. The molecule has 0 radical (unpaired) electrons. The van der Waals surface area contributed by atoms with Gasteiger partial charge < -0.3 is 11.1 Å². The SMILES string of the molecule is CC(C)CC(NC(=O)CCN)c1ccccc1.Cl. The summed E-state index contributed by atoms with van der Waals surface area (Å²) in [6.45, 7) is 4.71. The van der Waals surface area contributed by atoms with Gasteiger partial charge in [0.1, 0.15) is 0 Å². The quantitative estimate of drug-likeness (QED) is 0.835. The highest BCUT2D eigenvalue weighted by Crippen LogP contribution is 2.20. The van der Waals surface area contributed by atoms with Crippen LogP contribution in [0.4, 0.5) is 0 Å². The van der Waals surface area contributed by atoms with Gasteiger partial charge in [-0.1, -0.05) is 44.2 Å². The van der Waals surface area contributed by atoms with Crippen LogP contribution in [0.2, 0.25) is 0 Å². The van der Waals surface area contributed by atoms with Crippen LogP contribution >= 0.6 is 12.4 Å². The first-order valence-corrected chi connectivity index (χ1v) is 6.18. The normalized spacial score (nSPS) is 11.8. The number of hydrogen-bond donors (Lipinski definition) is 2. The zero-order chi connectivity index (χ0) is 12.7. The van der Waals surface area contributed by atoms with E-state index >= 15 is 0 Å². The molecule has 102 valence electrons. The molecule has 0 aliphatic carbocycles. The molecule has 1 unspecified atom stereocenters. The van der Waals surface area contributed by atoms with Crippen molar-refractivity contribution in [3.63, 3.8) is 0 Å². The second-order valence-electron chi connectivity index (χ2n) is 4.70. The Morgan fingerprint density at radius 3 is 2.39 bits per heavy atom. The molecule has 4 heteroatoms. The maximum absolute atomic E-state index is 11.6. The largest absolute Gasteiger partial charge is 0.349 e. The fraction of sp³-hybridized carbons (Fsp3) is 0.500. The zero-order valence-electron chi connectivity index (χ0n) is 11.1. The molecule has 1 atom stereocenters. The molecule has 18 heavy (non-hydrogen) atoms. The summed E-state index contributed by atoms with van der Waals surface area (Å²) in [5.74, 6) is 0.570. The van der Waals surface area contributed by atoms with Crippen LogP contribution in [0.25, 0.3) is 0 Å². The number of carbonyl (C=O) groups is 1. The van der Waals surface area contributed by atoms with E-state index in [4.69, 9.17) is 5.73 Å². The molecule has 1 rings (SSSR count). The molecule has 0 spiro atoms. The van der Waals surface area contributed by atoms with E-state index in [0.29, 0.717) is 18.9 Å². The summed E-state index contributed by atoms with van der Waals surface area (Å²) in [7, 11) is 0. The van der Waals surface area contributed by atoms with E-state index in [2.05, 4.69) is 31.3 Å². The summed E-state index contributed by atoms with van der Waals surface area (Å²) in [5.41, 5.74) is 6.54. The molecule has 1 aromatic rings. The van der Waals surface area contributed by atoms with Gasteiger partial charge in [-0.25, -0.2) is 0 Å². The van der Waals surface area contributed by atoms with Gasteiger partial charge >= 0.3 is 0 Å². The van der Waals surface area contributed by atoms with Gasteiger partial charge in [-0.15, -0.1) is 12.4 Å². The topological polar surface area (TPSA) is 55.1 Å². The molecule has 0 aliphatic heterocycles. The number of benzene rings is 1. The van der Waals surface area contributed by atoms with Crippen molar-refractivity contribution in [3.8, 4) is 0 Å². The Balaban J connectivity index is 0.00000289. The first-order valence-electron chi connectivity index (χ1n) is 6.18. The van der Waals surface area contributed by atoms with Crippen LogP contribution in [-0.2, 0) is 4.79 Å². The maximum Gasteiger partial charge on any atom is 0.221 e. The van der Waals surface area contributed by atoms with E-state index in [0.717, 1.165) is 12.0 Å². The zero-order valence-corrected chi connectivity index (χ0v) is 11.9. The van der Waals surface area contributed by atoms with Crippen molar-refractivity contribution in [2.24, 2.45) is 11.7 Å². The third kappa shape index (κ3) is 6.03. The highest BCUT2D eigenvalue weighted by molar-refractivity contribution is 5.85. The Morgan fingerprint density at radius 1 is 1.28 bits per heavy atom. The molecule has 0 saturated heterocycles. The molecule has 1 aromatic carbocycles. The summed E-state index contributed by atoms with van der Waals surface area (Å²) >= 11 is 0. The Kier molecular flexibility index (Phi) is 8.42. The van der Waals surface area contributed by atoms with Crippen LogP contribution in [-0.4, -0.2) is 12.5 Å². The van der Waals surface area contributed by atoms with E-state index in [1.165, 1.54) is 0 Å². The van der Waals surface area contributed by atoms with Crippen LogP contribution in [0.1, 0.15) is 38.3 Å². The van der Waals surface area contributed by atoms with Crippen molar-refractivity contribution in [1.82, 2.24) is 5.32 Å². The smallest absolute Gasteiger partial charge is 0.221 e. The first-order chi connectivity index (χ1) is 8.13. The summed E-state index contributed by atoms with van der Waals surface area (Å²) < 4.78 is 0. The molecule has 0 fully saturated rings. The minimum atomic E-state index is 0. The molecular formula is C14H23ClN2O. The highest BCUT2D eigenvalue weighted by atomic mass is 35.5. The lowest BCUT2D eigenvalue weighted by atomic mass is 9.97. The summed E-state index contributed by atoms with van der Waals surface area (Å²) in [5, 5.41) is 3.05. The standard InChI is InChI=1S/C14H22N2O.ClH/c1-11(2)10-13(16-14(17)8-9-15)12-6-4-3-5-7-12;/h3-7,11,13H,8-10,15H2,1-2H3,(H,16,17);1H. The van der Waals surface area contributed by atoms with Crippen molar-refractivity contribution in [1.29, 1.82) is 0 Å². The average Bonchev–Trinajstić information content (AvgIpc) is 2.29. The number of carbonyl (C=O) groups excluding carboxylic acids is 1. The van der Waals surface area contributed by atoms with Gasteiger partial charge in [-0.2, -0.15) is 0 Å². The molecule has 0 heterocycles. The number of rotatable bonds is 6. The molecule has 0 bridgehead atoms. The lowest BCUT2D eigenvalue weighted by Crippen LogP contribution is -2.30. The van der Waals surface area contributed by atoms with Crippen LogP contribution in [0.5, 0.6) is 0 Å². The summed E-state index contributed by atoms with van der Waals surface area (Å²) in [4.78, 5) is 11.6. The van der Waals surface area contributed by atoms with Crippen molar-refractivity contribution >= 4 is 18.3 Å². The van der Waals surface area contributed by atoms with Gasteiger partial charge in [0.2, 0.25) is 5.91 Å². The van der Waals surface area contributed by atoms with E-state index in [9.17, 15) is 4.79 Å². The van der Waals surface area contributed by atoms with Gasteiger partial charge in [-0.3, -0.25) is 4.79 Å². The second kappa shape index (κ2) is 8.95. The van der Waals surface area contributed by atoms with Gasteiger partial charge in [0.05, 0.1) is 6.04 Å². The monoisotopic (exact) mass is 270 g/mol. The highest BCUT2D eigenvalue weighted by Gasteiger charge is 2.15. The van der Waals surface area contributed by atoms with Gasteiger partial charge in [-0.05, 0) is 17.9 Å². The Morgan fingerprint density at radius 2 is 1.89 bits per heavy atom. The summed E-state index contributed by atoms with van der Waals surface area (Å²) in [6.07, 6.45) is 1.34. The van der Waals surface area contributed by atoms with E-state index in [1.807, 2.05) is 18.2 Å². The summed E-state index contributed by atoms with van der Waals surface area (Å²) in [6, 6.07) is 10.2. The molecule has 1 amide bonds. The van der Waals surface area contributed by atoms with E-state index in [1.54, 1.807) is 0 Å². The fourth-order valence-corrected chi connectivity index (χ4v) is 1.83. The maximum atomic E-state index is 11.6. The van der Waals surface area contributed by atoms with Crippen LogP contribution in [0, 0.1) is 5.92 Å². The molecule has 0 saturated carbocycles. The van der Waals surface area contributed by atoms with E-state index < -0.39 is 0 Å². The predicted molar refractivity (Wildman–Crippen MR) is 77.7 cm³/mol. The van der Waals surface area contributed by atoms with Crippen molar-refractivity contribution in [2.75, 3.05) is 6.54 Å². The third-order valence-corrected chi connectivity index (χ3v) is 2.62. The van der Waals surface area contributed by atoms with Crippen LogP contribution < -0.4 is 11.1 Å². The van der Waals surface area contributed by atoms with Crippen LogP contribution in [0.3, 0.4) is 0 Å². The number of hydrogen-bond acceptors (Lipinski definition) is 2. The third-order valence-electron chi connectivity index (χ3n) is 2.62. The number of halogens is 1. The molecular weight excluding hydrogens is 248 g/mol. The van der Waals surface area contributed by atoms with Crippen molar-refractivity contribution in [3.05, 3.63) is 35.9 Å². The Bertz CT molecular complexity index is 341. The number of nitrogens with one attached hydrogen (secondary N) is 1. The minimum Gasteiger partial charge on any atom is -0.349 e. The van der Waals surface area contributed by atoms with Gasteiger partial charge in [0.15, 0.2) is 0 Å². The van der Waals surface area contributed by atoms with Crippen LogP contribution in [0.15, 0.2) is 30.3 Å². The molecule has 3 N–H and O–H groups in total. The van der Waals surface area contributed by atoms with E-state index in [-0.39, 0.29) is 24.4 Å². The molecule has 0 aliphatic rings. The lowest BCUT2D eigenvalue weighted by molar-refractivity contribution is -0.121. The van der Waals surface area contributed by atoms with Gasteiger partial charge in [0.25, 0.3) is 0 Å².